The predicted octanol–water partition coefficient (Wildman–Crippen LogP) is 2.98. The monoisotopic (exact) mass is 343 g/mol. The van der Waals surface area contributed by atoms with Gasteiger partial charge in [0.2, 0.25) is 0 Å². The van der Waals surface area contributed by atoms with E-state index in [4.69, 9.17) is 0 Å². The number of nitrogens with zero attached hydrogens (tertiary/aromatic N) is 1. The van der Waals surface area contributed by atoms with Gasteiger partial charge in [-0.3, -0.25) is 4.79 Å². The van der Waals surface area contributed by atoms with Gasteiger partial charge in [0.05, 0.1) is 0 Å². The number of aryl methyl sites for hydroxylation is 1. The number of likely N-dealkylation sites (N-methyl/N-ethyl adjacent to an activating group) is 1. The van der Waals surface area contributed by atoms with Crippen LogP contribution in [-0.4, -0.2) is 35.2 Å². The number of benzene rings is 1. The fraction of sp³-hybridized carbons (Fsp3) is 0.500. The molecule has 0 aromatic heterocycles. The average molecular weight is 344 g/mol. The van der Waals surface area contributed by atoms with E-state index in [1.54, 1.807) is 23.7 Å². The number of anilines is 1. The molecule has 1 fully saturated rings. The highest BCUT2D eigenvalue weighted by atomic mass is 79.9. The quantitative estimate of drug-likeness (QED) is 0.897. The number of carbonyl (C=O) groups excluding carboxylic acids is 1. The summed E-state index contributed by atoms with van der Waals surface area (Å²) in [4.78, 5) is 14.0. The Bertz CT molecular complexity index is 486. The Labute approximate surface area is 126 Å². The van der Waals surface area contributed by atoms with Crippen molar-refractivity contribution in [3.63, 3.8) is 0 Å². The second-order valence-electron chi connectivity index (χ2n) is 4.94. The van der Waals surface area contributed by atoms with Crippen molar-refractivity contribution < 1.29 is 9.90 Å². The van der Waals surface area contributed by atoms with Crippen molar-refractivity contribution in [2.75, 3.05) is 23.5 Å². The molecule has 0 saturated carbocycles. The molecule has 0 bridgehead atoms. The maximum absolute atomic E-state index is 12.5. The number of thioether (sulfide) groups is 1. The Morgan fingerprint density at radius 1 is 1.42 bits per heavy atom. The standard InChI is InChI=1S/C14H18BrNO2S/c1-10-9-11(3-4-12(10)15)16(2)13(17)14(18)5-7-19-8-6-14/h3-4,9,18H,5-8H2,1-2H3. The van der Waals surface area contributed by atoms with Crippen LogP contribution in [0.2, 0.25) is 0 Å². The zero-order valence-corrected chi connectivity index (χ0v) is 13.6. The largest absolute Gasteiger partial charge is 0.380 e. The molecule has 0 spiro atoms. The van der Waals surface area contributed by atoms with E-state index in [1.165, 1.54) is 0 Å². The first-order valence-electron chi connectivity index (χ1n) is 6.28. The molecule has 0 radical (unpaired) electrons. The summed E-state index contributed by atoms with van der Waals surface area (Å²) in [7, 11) is 1.73. The third-order valence-corrected chi connectivity index (χ3v) is 5.43. The van der Waals surface area contributed by atoms with Crippen molar-refractivity contribution in [3.8, 4) is 0 Å². The van der Waals surface area contributed by atoms with Gasteiger partial charge < -0.3 is 10.0 Å². The topological polar surface area (TPSA) is 40.5 Å². The van der Waals surface area contributed by atoms with Gasteiger partial charge in [0.1, 0.15) is 5.60 Å². The van der Waals surface area contributed by atoms with Gasteiger partial charge in [0.25, 0.3) is 5.91 Å². The zero-order chi connectivity index (χ0) is 14.0. The maximum atomic E-state index is 12.5. The highest BCUT2D eigenvalue weighted by Gasteiger charge is 2.39. The second-order valence-corrected chi connectivity index (χ2v) is 7.02. The molecule has 1 saturated heterocycles. The van der Waals surface area contributed by atoms with Crippen LogP contribution in [0.15, 0.2) is 22.7 Å². The SMILES string of the molecule is Cc1cc(N(C)C(=O)C2(O)CCSCC2)ccc1Br. The molecule has 1 heterocycles. The lowest BCUT2D eigenvalue weighted by Crippen LogP contribution is -2.50. The molecule has 1 aliphatic rings. The summed E-state index contributed by atoms with van der Waals surface area (Å²) < 4.78 is 1.02. The van der Waals surface area contributed by atoms with Gasteiger partial charge in [0, 0.05) is 17.2 Å². The molecule has 2 rings (SSSR count). The number of amides is 1. The molecular formula is C14H18BrNO2S. The van der Waals surface area contributed by atoms with Gasteiger partial charge in [-0.1, -0.05) is 15.9 Å². The number of hydrogen-bond acceptors (Lipinski definition) is 3. The van der Waals surface area contributed by atoms with Crippen molar-refractivity contribution in [3.05, 3.63) is 28.2 Å². The Balaban J connectivity index is 2.20. The molecule has 19 heavy (non-hydrogen) atoms. The molecule has 1 aromatic rings. The molecule has 1 amide bonds. The van der Waals surface area contributed by atoms with Crippen molar-refractivity contribution in [2.24, 2.45) is 0 Å². The Morgan fingerprint density at radius 3 is 2.63 bits per heavy atom. The Kier molecular flexibility index (Phi) is 4.58. The molecule has 1 aromatic carbocycles. The fourth-order valence-electron chi connectivity index (χ4n) is 2.19. The summed E-state index contributed by atoms with van der Waals surface area (Å²) in [6.07, 6.45) is 1.08. The number of aliphatic hydroxyl groups is 1. The van der Waals surface area contributed by atoms with Crippen LogP contribution in [0.5, 0.6) is 0 Å². The van der Waals surface area contributed by atoms with Crippen molar-refractivity contribution in [1.82, 2.24) is 0 Å². The second kappa shape index (κ2) is 5.85. The molecule has 1 N–H and O–H groups in total. The van der Waals surface area contributed by atoms with E-state index in [-0.39, 0.29) is 5.91 Å². The number of carbonyl (C=O) groups is 1. The molecule has 104 valence electrons. The lowest BCUT2D eigenvalue weighted by atomic mass is 9.95. The first kappa shape index (κ1) is 14.9. The Hall–Kier alpha value is -0.520. The van der Waals surface area contributed by atoms with E-state index in [0.717, 1.165) is 27.2 Å². The molecule has 0 unspecified atom stereocenters. The van der Waals surface area contributed by atoms with Crippen molar-refractivity contribution in [2.45, 2.75) is 25.4 Å². The highest BCUT2D eigenvalue weighted by molar-refractivity contribution is 9.10. The van der Waals surface area contributed by atoms with E-state index in [0.29, 0.717) is 12.8 Å². The number of hydrogen-bond donors (Lipinski definition) is 1. The first-order chi connectivity index (χ1) is 8.94. The normalized spacial score (nSPS) is 18.1. The number of rotatable bonds is 2. The molecule has 5 heteroatoms. The van der Waals surface area contributed by atoms with E-state index in [1.807, 2.05) is 25.1 Å². The van der Waals surface area contributed by atoms with Gasteiger partial charge in [0.15, 0.2) is 0 Å². The third kappa shape index (κ3) is 3.15. The fourth-order valence-corrected chi connectivity index (χ4v) is 3.60. The van der Waals surface area contributed by atoms with Crippen LogP contribution in [0.4, 0.5) is 5.69 Å². The average Bonchev–Trinajstić information content (AvgIpc) is 2.41. The minimum Gasteiger partial charge on any atom is -0.380 e. The van der Waals surface area contributed by atoms with Crippen LogP contribution >= 0.6 is 27.7 Å². The lowest BCUT2D eigenvalue weighted by molar-refractivity contribution is -0.137. The smallest absolute Gasteiger partial charge is 0.258 e. The summed E-state index contributed by atoms with van der Waals surface area (Å²) in [6, 6.07) is 5.76. The summed E-state index contributed by atoms with van der Waals surface area (Å²) in [5.74, 6) is 1.49. The predicted molar refractivity (Wildman–Crippen MR) is 83.8 cm³/mol. The van der Waals surface area contributed by atoms with Crippen molar-refractivity contribution >= 4 is 39.3 Å². The molecular weight excluding hydrogens is 326 g/mol. The van der Waals surface area contributed by atoms with Gasteiger partial charge in [-0.2, -0.15) is 11.8 Å². The van der Waals surface area contributed by atoms with E-state index in [2.05, 4.69) is 15.9 Å². The van der Waals surface area contributed by atoms with E-state index in [9.17, 15) is 9.90 Å². The minimum absolute atomic E-state index is 0.200. The molecule has 3 nitrogen and oxygen atoms in total. The van der Waals surface area contributed by atoms with Crippen LogP contribution in [0, 0.1) is 6.92 Å². The summed E-state index contributed by atoms with van der Waals surface area (Å²) in [5, 5.41) is 10.5. The highest BCUT2D eigenvalue weighted by Crippen LogP contribution is 2.30. The minimum atomic E-state index is -1.19. The third-order valence-electron chi connectivity index (χ3n) is 3.55. The summed E-state index contributed by atoms with van der Waals surface area (Å²) in [6.45, 7) is 1.98. The van der Waals surface area contributed by atoms with Gasteiger partial charge >= 0.3 is 0 Å². The van der Waals surface area contributed by atoms with E-state index < -0.39 is 5.60 Å². The Morgan fingerprint density at radius 2 is 2.05 bits per heavy atom. The number of halogens is 1. The molecule has 0 atom stereocenters. The summed E-state index contributed by atoms with van der Waals surface area (Å²) >= 11 is 5.24. The van der Waals surface area contributed by atoms with Crippen LogP contribution < -0.4 is 4.90 Å². The van der Waals surface area contributed by atoms with Crippen LogP contribution in [0.25, 0.3) is 0 Å². The maximum Gasteiger partial charge on any atom is 0.258 e. The molecule has 0 aliphatic carbocycles. The molecule has 1 aliphatic heterocycles. The van der Waals surface area contributed by atoms with Crippen molar-refractivity contribution in [1.29, 1.82) is 0 Å². The van der Waals surface area contributed by atoms with Crippen LogP contribution in [-0.2, 0) is 4.79 Å². The van der Waals surface area contributed by atoms with Crippen LogP contribution in [0.3, 0.4) is 0 Å². The van der Waals surface area contributed by atoms with Crippen LogP contribution in [0.1, 0.15) is 18.4 Å². The zero-order valence-electron chi connectivity index (χ0n) is 11.1. The van der Waals surface area contributed by atoms with Gasteiger partial charge in [-0.05, 0) is 55.0 Å². The lowest BCUT2D eigenvalue weighted by Gasteiger charge is -2.34. The first-order valence-corrected chi connectivity index (χ1v) is 8.23. The summed E-state index contributed by atoms with van der Waals surface area (Å²) in [5.41, 5.74) is 0.696. The van der Waals surface area contributed by atoms with E-state index >= 15 is 0 Å². The van der Waals surface area contributed by atoms with Gasteiger partial charge in [-0.25, -0.2) is 0 Å². The van der Waals surface area contributed by atoms with Gasteiger partial charge in [-0.15, -0.1) is 0 Å².